The van der Waals surface area contributed by atoms with Gasteiger partial charge < -0.3 is 19.5 Å². The van der Waals surface area contributed by atoms with Gasteiger partial charge in [-0.05, 0) is 30.2 Å². The standard InChI is InChI=1S/C21H26N2O7S/c1-14(2)20(23-31(26,27)16-8-6-5-7-9-16)21(25)30-13-19(24)22-15-10-11-17(28-3)18(12-15)29-4/h5-12,14,20,23H,13H2,1-4H3,(H,22,24)/t20-/m0/s1. The number of hydrogen-bond donors (Lipinski definition) is 2. The highest BCUT2D eigenvalue weighted by molar-refractivity contribution is 7.89. The molecule has 0 unspecified atom stereocenters. The van der Waals surface area contributed by atoms with E-state index in [-0.39, 0.29) is 4.90 Å². The van der Waals surface area contributed by atoms with Gasteiger partial charge >= 0.3 is 5.97 Å². The van der Waals surface area contributed by atoms with Crippen LogP contribution in [0, 0.1) is 5.92 Å². The lowest BCUT2D eigenvalue weighted by molar-refractivity contribution is -0.150. The van der Waals surface area contributed by atoms with Gasteiger partial charge in [-0.2, -0.15) is 4.72 Å². The second-order valence-corrected chi connectivity index (χ2v) is 8.60. The van der Waals surface area contributed by atoms with Crippen LogP contribution in [0.2, 0.25) is 0 Å². The van der Waals surface area contributed by atoms with Crippen molar-refractivity contribution < 1.29 is 32.2 Å². The van der Waals surface area contributed by atoms with E-state index in [2.05, 4.69) is 10.0 Å². The summed E-state index contributed by atoms with van der Waals surface area (Å²) in [6, 6.07) is 11.3. The van der Waals surface area contributed by atoms with Gasteiger partial charge in [-0.1, -0.05) is 32.0 Å². The van der Waals surface area contributed by atoms with Crippen LogP contribution in [0.25, 0.3) is 0 Å². The topological polar surface area (TPSA) is 120 Å². The first-order chi connectivity index (χ1) is 14.7. The minimum Gasteiger partial charge on any atom is -0.493 e. The summed E-state index contributed by atoms with van der Waals surface area (Å²) in [6.45, 7) is 2.76. The summed E-state index contributed by atoms with van der Waals surface area (Å²) >= 11 is 0. The number of benzene rings is 2. The highest BCUT2D eigenvalue weighted by atomic mass is 32.2. The van der Waals surface area contributed by atoms with Crippen molar-refractivity contribution in [2.75, 3.05) is 26.1 Å². The van der Waals surface area contributed by atoms with Crippen molar-refractivity contribution in [1.82, 2.24) is 4.72 Å². The molecule has 10 heteroatoms. The molecule has 2 N–H and O–H groups in total. The van der Waals surface area contributed by atoms with E-state index in [0.717, 1.165) is 0 Å². The SMILES string of the molecule is COc1ccc(NC(=O)COC(=O)[C@@H](NS(=O)(=O)c2ccccc2)C(C)C)cc1OC. The quantitative estimate of drug-likeness (QED) is 0.533. The van der Waals surface area contributed by atoms with Crippen molar-refractivity contribution in [1.29, 1.82) is 0 Å². The third-order valence-corrected chi connectivity index (χ3v) is 5.73. The number of carbonyl (C=O) groups is 2. The molecule has 168 valence electrons. The molecule has 0 aliphatic heterocycles. The van der Waals surface area contributed by atoms with E-state index in [1.807, 2.05) is 0 Å². The van der Waals surface area contributed by atoms with Crippen molar-refractivity contribution in [3.05, 3.63) is 48.5 Å². The van der Waals surface area contributed by atoms with Crippen molar-refractivity contribution in [2.24, 2.45) is 5.92 Å². The van der Waals surface area contributed by atoms with Crippen LogP contribution in [0.5, 0.6) is 11.5 Å². The average Bonchev–Trinajstić information content (AvgIpc) is 2.76. The molecule has 0 heterocycles. The third-order valence-electron chi connectivity index (χ3n) is 4.27. The molecular formula is C21H26N2O7S. The van der Waals surface area contributed by atoms with Gasteiger partial charge in [0, 0.05) is 11.8 Å². The molecule has 0 radical (unpaired) electrons. The molecule has 1 amide bonds. The Bertz CT molecular complexity index is 1010. The molecule has 1 atom stereocenters. The van der Waals surface area contributed by atoms with Crippen molar-refractivity contribution in [2.45, 2.75) is 24.8 Å². The Balaban J connectivity index is 1.99. The number of nitrogens with one attached hydrogen (secondary N) is 2. The van der Waals surface area contributed by atoms with Crippen LogP contribution in [-0.4, -0.2) is 47.2 Å². The van der Waals surface area contributed by atoms with Crippen molar-refractivity contribution in [3.8, 4) is 11.5 Å². The molecule has 0 aromatic heterocycles. The lowest BCUT2D eigenvalue weighted by Gasteiger charge is -2.20. The van der Waals surface area contributed by atoms with Gasteiger partial charge in [0.1, 0.15) is 6.04 Å². The van der Waals surface area contributed by atoms with Crippen LogP contribution in [-0.2, 0) is 24.3 Å². The number of anilines is 1. The molecule has 9 nitrogen and oxygen atoms in total. The van der Waals surface area contributed by atoms with Gasteiger partial charge in [0.25, 0.3) is 5.91 Å². The van der Waals surface area contributed by atoms with Gasteiger partial charge in [-0.15, -0.1) is 0 Å². The zero-order valence-electron chi connectivity index (χ0n) is 17.7. The largest absolute Gasteiger partial charge is 0.493 e. The fourth-order valence-corrected chi connectivity index (χ4v) is 3.98. The van der Waals surface area contributed by atoms with Gasteiger partial charge in [-0.3, -0.25) is 9.59 Å². The number of hydrogen-bond acceptors (Lipinski definition) is 7. The second kappa shape index (κ2) is 10.8. The molecule has 0 spiro atoms. The summed E-state index contributed by atoms with van der Waals surface area (Å²) in [5, 5.41) is 2.58. The van der Waals surface area contributed by atoms with E-state index in [1.54, 1.807) is 50.2 Å². The number of carbonyl (C=O) groups excluding carboxylic acids is 2. The maximum absolute atomic E-state index is 12.5. The normalized spacial score (nSPS) is 12.2. The fourth-order valence-electron chi connectivity index (χ4n) is 2.63. The third kappa shape index (κ3) is 6.69. The first-order valence-corrected chi connectivity index (χ1v) is 10.9. The minimum atomic E-state index is -3.93. The summed E-state index contributed by atoms with van der Waals surface area (Å²) in [7, 11) is -0.969. The molecule has 2 rings (SSSR count). The lowest BCUT2D eigenvalue weighted by Crippen LogP contribution is -2.45. The second-order valence-electron chi connectivity index (χ2n) is 6.88. The smallest absolute Gasteiger partial charge is 0.324 e. The Labute approximate surface area is 181 Å². The Kier molecular flexibility index (Phi) is 8.40. The summed E-state index contributed by atoms with van der Waals surface area (Å²) in [5.74, 6) is -0.921. The maximum atomic E-state index is 12.5. The van der Waals surface area contributed by atoms with E-state index in [1.165, 1.54) is 26.4 Å². The Morgan fingerprint density at radius 3 is 2.19 bits per heavy atom. The molecule has 0 aliphatic carbocycles. The predicted octanol–water partition coefficient (Wildman–Crippen LogP) is 2.19. The van der Waals surface area contributed by atoms with E-state index in [0.29, 0.717) is 17.2 Å². The molecule has 2 aromatic carbocycles. The Morgan fingerprint density at radius 1 is 0.968 bits per heavy atom. The van der Waals surface area contributed by atoms with Crippen molar-refractivity contribution in [3.63, 3.8) is 0 Å². The van der Waals surface area contributed by atoms with Gasteiger partial charge in [0.15, 0.2) is 18.1 Å². The van der Waals surface area contributed by atoms with E-state index in [4.69, 9.17) is 14.2 Å². The van der Waals surface area contributed by atoms with Crippen LogP contribution in [0.1, 0.15) is 13.8 Å². The first-order valence-electron chi connectivity index (χ1n) is 9.44. The zero-order valence-corrected chi connectivity index (χ0v) is 18.6. The molecule has 0 aliphatic rings. The lowest BCUT2D eigenvalue weighted by atomic mass is 10.1. The summed E-state index contributed by atoms with van der Waals surface area (Å²) in [5.41, 5.74) is 0.420. The average molecular weight is 451 g/mol. The Morgan fingerprint density at radius 2 is 1.61 bits per heavy atom. The predicted molar refractivity (Wildman–Crippen MR) is 115 cm³/mol. The van der Waals surface area contributed by atoms with Crippen LogP contribution in [0.15, 0.2) is 53.4 Å². The molecule has 0 saturated carbocycles. The van der Waals surface area contributed by atoms with Crippen LogP contribution < -0.4 is 19.5 Å². The highest BCUT2D eigenvalue weighted by Gasteiger charge is 2.30. The number of rotatable bonds is 10. The van der Waals surface area contributed by atoms with Crippen LogP contribution >= 0.6 is 0 Å². The van der Waals surface area contributed by atoms with Crippen molar-refractivity contribution >= 4 is 27.6 Å². The molecular weight excluding hydrogens is 424 g/mol. The molecule has 0 bridgehead atoms. The molecule has 0 fully saturated rings. The van der Waals surface area contributed by atoms with E-state index < -0.39 is 40.5 Å². The van der Waals surface area contributed by atoms with E-state index in [9.17, 15) is 18.0 Å². The van der Waals surface area contributed by atoms with Gasteiger partial charge in [0.05, 0.1) is 19.1 Å². The maximum Gasteiger partial charge on any atom is 0.324 e. The van der Waals surface area contributed by atoms with Gasteiger partial charge in [0.2, 0.25) is 10.0 Å². The minimum absolute atomic E-state index is 0.0275. The van der Waals surface area contributed by atoms with E-state index >= 15 is 0 Å². The number of methoxy groups -OCH3 is 2. The van der Waals surface area contributed by atoms with Crippen LogP contribution in [0.4, 0.5) is 5.69 Å². The molecule has 0 saturated heterocycles. The monoisotopic (exact) mass is 450 g/mol. The zero-order chi connectivity index (χ0) is 23.0. The Hall–Kier alpha value is -3.11. The molecule has 2 aromatic rings. The summed E-state index contributed by atoms with van der Waals surface area (Å²) in [6.07, 6.45) is 0. The van der Waals surface area contributed by atoms with Gasteiger partial charge in [-0.25, -0.2) is 8.42 Å². The number of esters is 1. The fraction of sp³-hybridized carbons (Fsp3) is 0.333. The van der Waals surface area contributed by atoms with Crippen LogP contribution in [0.3, 0.4) is 0 Å². The number of ether oxygens (including phenoxy) is 3. The number of sulfonamides is 1. The number of amides is 1. The molecule has 31 heavy (non-hydrogen) atoms. The summed E-state index contributed by atoms with van der Waals surface area (Å²) < 4.78 is 42.7. The summed E-state index contributed by atoms with van der Waals surface area (Å²) in [4.78, 5) is 24.7. The highest BCUT2D eigenvalue weighted by Crippen LogP contribution is 2.29. The first kappa shape index (κ1) is 24.2.